The largest absolute Gasteiger partial charge is 0.495 e. The van der Waals surface area contributed by atoms with Crippen LogP contribution >= 0.6 is 0 Å². The fourth-order valence-corrected chi connectivity index (χ4v) is 1.74. The minimum atomic E-state index is -0.621. The van der Waals surface area contributed by atoms with Gasteiger partial charge in [-0.3, -0.25) is 4.79 Å². The van der Waals surface area contributed by atoms with E-state index in [1.807, 2.05) is 33.8 Å². The van der Waals surface area contributed by atoms with E-state index in [2.05, 4.69) is 4.98 Å². The predicted molar refractivity (Wildman–Crippen MR) is 67.5 cm³/mol. The van der Waals surface area contributed by atoms with E-state index in [-0.39, 0.29) is 11.3 Å². The summed E-state index contributed by atoms with van der Waals surface area (Å²) in [5.74, 6) is 0. The van der Waals surface area contributed by atoms with Gasteiger partial charge in [-0.05, 0) is 39.2 Å². The molecular weight excluding hydrogens is 231 g/mol. The average molecular weight is 246 g/mol. The van der Waals surface area contributed by atoms with Crippen molar-refractivity contribution in [2.45, 2.75) is 38.9 Å². The molecule has 1 N–H and O–H groups in total. The van der Waals surface area contributed by atoms with Gasteiger partial charge in [-0.1, -0.05) is 0 Å². The molecule has 2 heterocycles. The molecule has 2 rings (SSSR count). The molecule has 5 nitrogen and oxygen atoms in total. The Morgan fingerprint density at radius 1 is 1.22 bits per heavy atom. The second kappa shape index (κ2) is 3.97. The molecule has 0 atom stereocenters. The minimum absolute atomic E-state index is 0.201. The van der Waals surface area contributed by atoms with Gasteiger partial charge in [-0.15, -0.1) is 0 Å². The number of nitrogens with one attached hydrogen (secondary N) is 1. The van der Waals surface area contributed by atoms with Crippen molar-refractivity contribution >= 4 is 12.6 Å². The van der Waals surface area contributed by atoms with Gasteiger partial charge >= 0.3 is 7.12 Å². The van der Waals surface area contributed by atoms with Crippen molar-refractivity contribution in [2.24, 2.45) is 0 Å². The third kappa shape index (κ3) is 2.07. The maximum Gasteiger partial charge on any atom is 0.495 e. The molecule has 0 aromatic carbocycles. The van der Waals surface area contributed by atoms with E-state index in [0.717, 1.165) is 0 Å². The standard InChI is InChI=1S/C12H15BN2O3/c1-11(2)12(3,4)18-13(17-11)8-5-9(7-14)15-10(16)6-8/h5-6H,1-4H3,(H,15,16). The van der Waals surface area contributed by atoms with Gasteiger partial charge in [0.25, 0.3) is 0 Å². The van der Waals surface area contributed by atoms with Crippen molar-refractivity contribution in [3.05, 3.63) is 28.2 Å². The normalized spacial score (nSPS) is 20.7. The first-order valence-electron chi connectivity index (χ1n) is 5.75. The number of aromatic nitrogens is 1. The zero-order valence-electron chi connectivity index (χ0n) is 10.9. The molecule has 0 bridgehead atoms. The number of aromatic amines is 1. The van der Waals surface area contributed by atoms with E-state index >= 15 is 0 Å². The summed E-state index contributed by atoms with van der Waals surface area (Å²) in [6, 6.07) is 4.87. The number of pyridine rings is 1. The van der Waals surface area contributed by atoms with Gasteiger partial charge in [-0.25, -0.2) is 0 Å². The summed E-state index contributed by atoms with van der Waals surface area (Å²) >= 11 is 0. The molecule has 0 radical (unpaired) electrons. The van der Waals surface area contributed by atoms with E-state index in [9.17, 15) is 4.79 Å². The summed E-state index contributed by atoms with van der Waals surface area (Å²) in [4.78, 5) is 13.9. The fraction of sp³-hybridized carbons (Fsp3) is 0.500. The maximum atomic E-state index is 11.4. The zero-order chi connectivity index (χ0) is 13.6. The highest BCUT2D eigenvalue weighted by Gasteiger charge is 2.51. The quantitative estimate of drug-likeness (QED) is 0.734. The van der Waals surface area contributed by atoms with Crippen LogP contribution in [0.25, 0.3) is 0 Å². The average Bonchev–Trinajstić information content (AvgIpc) is 2.47. The van der Waals surface area contributed by atoms with Crippen LogP contribution in [0.2, 0.25) is 0 Å². The van der Waals surface area contributed by atoms with Gasteiger partial charge in [0.1, 0.15) is 11.8 Å². The smallest absolute Gasteiger partial charge is 0.399 e. The first kappa shape index (κ1) is 12.9. The molecule has 1 aliphatic heterocycles. The topological polar surface area (TPSA) is 75.1 Å². The first-order chi connectivity index (χ1) is 8.25. The van der Waals surface area contributed by atoms with Crippen molar-refractivity contribution in [3.8, 4) is 6.07 Å². The summed E-state index contributed by atoms with van der Waals surface area (Å²) in [7, 11) is -0.621. The Morgan fingerprint density at radius 2 is 1.78 bits per heavy atom. The molecule has 1 saturated heterocycles. The lowest BCUT2D eigenvalue weighted by atomic mass is 9.79. The Kier molecular flexibility index (Phi) is 2.84. The third-order valence-corrected chi connectivity index (χ3v) is 3.51. The van der Waals surface area contributed by atoms with Crippen molar-refractivity contribution in [1.29, 1.82) is 5.26 Å². The Hall–Kier alpha value is -1.58. The van der Waals surface area contributed by atoms with E-state index in [0.29, 0.717) is 5.46 Å². The van der Waals surface area contributed by atoms with Crippen LogP contribution in [0.15, 0.2) is 16.9 Å². The summed E-state index contributed by atoms with van der Waals surface area (Å²) < 4.78 is 11.6. The lowest BCUT2D eigenvalue weighted by Gasteiger charge is -2.32. The summed E-state index contributed by atoms with van der Waals surface area (Å²) in [5.41, 5.74) is -0.500. The number of rotatable bonds is 1. The fourth-order valence-electron chi connectivity index (χ4n) is 1.74. The monoisotopic (exact) mass is 246 g/mol. The lowest BCUT2D eigenvalue weighted by Crippen LogP contribution is -2.41. The summed E-state index contributed by atoms with van der Waals surface area (Å²) in [5, 5.41) is 8.83. The molecule has 0 aliphatic carbocycles. The molecule has 94 valence electrons. The van der Waals surface area contributed by atoms with Gasteiger partial charge < -0.3 is 14.3 Å². The van der Waals surface area contributed by atoms with Crippen LogP contribution in [-0.2, 0) is 9.31 Å². The van der Waals surface area contributed by atoms with Gasteiger partial charge in [0.05, 0.1) is 11.2 Å². The molecular formula is C12H15BN2O3. The van der Waals surface area contributed by atoms with Crippen molar-refractivity contribution in [3.63, 3.8) is 0 Å². The van der Waals surface area contributed by atoms with Crippen molar-refractivity contribution < 1.29 is 9.31 Å². The minimum Gasteiger partial charge on any atom is -0.399 e. The van der Waals surface area contributed by atoms with Crippen LogP contribution in [-0.4, -0.2) is 23.3 Å². The molecule has 0 spiro atoms. The summed E-state index contributed by atoms with van der Waals surface area (Å²) in [6.45, 7) is 7.74. The second-order valence-electron chi connectivity index (χ2n) is 5.39. The maximum absolute atomic E-state index is 11.4. The molecule has 1 aliphatic rings. The van der Waals surface area contributed by atoms with Gasteiger partial charge in [-0.2, -0.15) is 5.26 Å². The lowest BCUT2D eigenvalue weighted by molar-refractivity contribution is 0.00578. The highest BCUT2D eigenvalue weighted by Crippen LogP contribution is 2.36. The molecule has 1 aromatic rings. The highest BCUT2D eigenvalue weighted by atomic mass is 16.7. The highest BCUT2D eigenvalue weighted by molar-refractivity contribution is 6.62. The molecule has 18 heavy (non-hydrogen) atoms. The van der Waals surface area contributed by atoms with Crippen molar-refractivity contribution in [1.82, 2.24) is 4.98 Å². The molecule has 1 fully saturated rings. The Morgan fingerprint density at radius 3 is 2.28 bits per heavy atom. The Bertz CT molecular complexity index is 555. The second-order valence-corrected chi connectivity index (χ2v) is 5.39. The van der Waals surface area contributed by atoms with E-state index in [4.69, 9.17) is 14.6 Å². The molecule has 0 unspecified atom stereocenters. The van der Waals surface area contributed by atoms with Gasteiger partial charge in [0.2, 0.25) is 5.56 Å². The third-order valence-electron chi connectivity index (χ3n) is 3.51. The Labute approximate surface area is 106 Å². The molecule has 0 amide bonds. The molecule has 0 saturated carbocycles. The predicted octanol–water partition coefficient (Wildman–Crippen LogP) is 0.546. The first-order valence-corrected chi connectivity index (χ1v) is 5.75. The van der Waals surface area contributed by atoms with Crippen LogP contribution < -0.4 is 11.0 Å². The van der Waals surface area contributed by atoms with Gasteiger partial charge in [0, 0.05) is 6.07 Å². The Balaban J connectivity index is 2.39. The van der Waals surface area contributed by atoms with Crippen LogP contribution in [0.1, 0.15) is 33.4 Å². The van der Waals surface area contributed by atoms with E-state index < -0.39 is 18.3 Å². The SMILES string of the molecule is CC1(C)OB(c2cc(C#N)[nH]c(=O)c2)OC1(C)C. The zero-order valence-corrected chi connectivity index (χ0v) is 10.9. The van der Waals surface area contributed by atoms with E-state index in [1.165, 1.54) is 6.07 Å². The number of hydrogen-bond acceptors (Lipinski definition) is 4. The molecule has 1 aromatic heterocycles. The van der Waals surface area contributed by atoms with Crippen LogP contribution in [0.5, 0.6) is 0 Å². The van der Waals surface area contributed by atoms with Crippen LogP contribution in [0.4, 0.5) is 0 Å². The van der Waals surface area contributed by atoms with Crippen molar-refractivity contribution in [2.75, 3.05) is 0 Å². The summed E-state index contributed by atoms with van der Waals surface area (Å²) in [6.07, 6.45) is 0. The number of hydrogen-bond donors (Lipinski definition) is 1. The molecule has 6 heteroatoms. The van der Waals surface area contributed by atoms with Crippen LogP contribution in [0, 0.1) is 11.3 Å². The number of H-pyrrole nitrogens is 1. The van der Waals surface area contributed by atoms with Crippen LogP contribution in [0.3, 0.4) is 0 Å². The van der Waals surface area contributed by atoms with E-state index in [1.54, 1.807) is 6.07 Å². The number of nitrogens with zero attached hydrogens (tertiary/aromatic N) is 1. The number of nitriles is 1. The van der Waals surface area contributed by atoms with Gasteiger partial charge in [0.15, 0.2) is 0 Å².